The van der Waals surface area contributed by atoms with Gasteiger partial charge in [-0.25, -0.2) is 4.89 Å². The Bertz CT molecular complexity index is 1000. The van der Waals surface area contributed by atoms with Crippen LogP contribution in [0.4, 0.5) is 0 Å². The molecule has 6 heteroatoms. The van der Waals surface area contributed by atoms with E-state index < -0.39 is 6.10 Å². The average molecular weight is 439 g/mol. The van der Waals surface area contributed by atoms with E-state index in [1.54, 1.807) is 31.2 Å². The molecule has 2 rings (SSSR count). The van der Waals surface area contributed by atoms with E-state index in [4.69, 9.17) is 9.99 Å². The maximum atomic E-state index is 12.7. The molecule has 0 bridgehead atoms. The van der Waals surface area contributed by atoms with Gasteiger partial charge in [-0.2, -0.15) is 0 Å². The van der Waals surface area contributed by atoms with Gasteiger partial charge in [0, 0.05) is 5.56 Å². The number of carbonyl (C=O) groups excluding carboxylic acids is 1. The fourth-order valence-electron chi connectivity index (χ4n) is 3.18. The van der Waals surface area contributed by atoms with Crippen LogP contribution in [0.25, 0.3) is 6.08 Å². The van der Waals surface area contributed by atoms with Gasteiger partial charge >= 0.3 is 0 Å². The Morgan fingerprint density at radius 2 is 1.81 bits per heavy atom. The topological polar surface area (TPSA) is 96.2 Å². The van der Waals surface area contributed by atoms with Gasteiger partial charge in [0.1, 0.15) is 23.4 Å². The van der Waals surface area contributed by atoms with Gasteiger partial charge in [0.05, 0.1) is 12.7 Å². The zero-order valence-corrected chi connectivity index (χ0v) is 18.7. The molecule has 0 spiro atoms. The van der Waals surface area contributed by atoms with Crippen molar-refractivity contribution in [3.8, 4) is 17.2 Å². The van der Waals surface area contributed by atoms with E-state index in [1.807, 2.05) is 13.0 Å². The summed E-state index contributed by atoms with van der Waals surface area (Å²) in [5, 5.41) is 29.1. The second-order valence-electron chi connectivity index (χ2n) is 7.67. The molecule has 2 aromatic rings. The summed E-state index contributed by atoms with van der Waals surface area (Å²) in [5.74, 6) is 0.175. The standard InChI is InChI=1S/C26H30O6/c1-17(2)24(32-30)15-6-18(3)5-12-22-25(31-4)16-13-21(26(22)29)23(28)14-9-19-7-10-20(27)11-8-19/h5,7-11,13-14,16,24,27,29-30H,1,6,12,15H2,2-4H3/b14-9?,18-5+. The molecule has 0 aliphatic heterocycles. The Hall–Kier alpha value is -3.35. The third-order valence-electron chi connectivity index (χ3n) is 5.18. The van der Waals surface area contributed by atoms with Crippen molar-refractivity contribution >= 4 is 11.9 Å². The normalized spacial score (nSPS) is 12.7. The molecular weight excluding hydrogens is 408 g/mol. The third kappa shape index (κ3) is 6.83. The summed E-state index contributed by atoms with van der Waals surface area (Å²) in [5.41, 5.74) is 3.23. The molecule has 32 heavy (non-hydrogen) atoms. The van der Waals surface area contributed by atoms with Crippen LogP contribution >= 0.6 is 0 Å². The molecule has 2 aromatic carbocycles. The van der Waals surface area contributed by atoms with Crippen LogP contribution in [0.5, 0.6) is 17.2 Å². The Balaban J connectivity index is 2.18. The highest BCUT2D eigenvalue weighted by Gasteiger charge is 2.17. The van der Waals surface area contributed by atoms with Gasteiger partial charge < -0.3 is 14.9 Å². The summed E-state index contributed by atoms with van der Waals surface area (Å²) in [4.78, 5) is 17.1. The van der Waals surface area contributed by atoms with Crippen LogP contribution in [-0.2, 0) is 11.3 Å². The average Bonchev–Trinajstić information content (AvgIpc) is 2.77. The lowest BCUT2D eigenvalue weighted by atomic mass is 9.98. The molecule has 6 nitrogen and oxygen atoms in total. The molecule has 0 saturated heterocycles. The van der Waals surface area contributed by atoms with Gasteiger partial charge in [-0.3, -0.25) is 10.1 Å². The maximum Gasteiger partial charge on any atom is 0.189 e. The maximum absolute atomic E-state index is 12.7. The third-order valence-corrected chi connectivity index (χ3v) is 5.18. The molecule has 0 aromatic heterocycles. The first-order valence-corrected chi connectivity index (χ1v) is 10.3. The molecular formula is C26H30O6. The quantitative estimate of drug-likeness (QED) is 0.137. The zero-order chi connectivity index (χ0) is 23.7. The van der Waals surface area contributed by atoms with E-state index >= 15 is 0 Å². The molecule has 0 radical (unpaired) electrons. The van der Waals surface area contributed by atoms with Crippen molar-refractivity contribution in [2.24, 2.45) is 0 Å². The molecule has 0 aliphatic carbocycles. The SMILES string of the molecule is C=C(C)C(CC/C(C)=C/Cc1c(OC)ccc(C(=O)C=Cc2ccc(O)cc2)c1O)OO. The largest absolute Gasteiger partial charge is 0.508 e. The van der Waals surface area contributed by atoms with Crippen molar-refractivity contribution in [3.05, 3.63) is 83.0 Å². The van der Waals surface area contributed by atoms with Crippen molar-refractivity contribution < 1.29 is 29.9 Å². The predicted octanol–water partition coefficient (Wildman–Crippen LogP) is 5.71. The monoisotopic (exact) mass is 438 g/mol. The molecule has 1 unspecified atom stereocenters. The van der Waals surface area contributed by atoms with Crippen molar-refractivity contribution in [1.29, 1.82) is 0 Å². The molecule has 1 atom stereocenters. The van der Waals surface area contributed by atoms with Gasteiger partial charge in [-0.15, -0.1) is 0 Å². The highest BCUT2D eigenvalue weighted by Crippen LogP contribution is 2.33. The number of rotatable bonds is 11. The minimum absolute atomic E-state index is 0.118. The molecule has 170 valence electrons. The van der Waals surface area contributed by atoms with Crippen LogP contribution in [0, 0.1) is 0 Å². The van der Waals surface area contributed by atoms with Crippen LogP contribution < -0.4 is 4.74 Å². The fraction of sp³-hybridized carbons (Fsp3) is 0.269. The van der Waals surface area contributed by atoms with Crippen LogP contribution in [0.1, 0.15) is 48.2 Å². The summed E-state index contributed by atoms with van der Waals surface area (Å²) < 4.78 is 5.37. The molecule has 0 fully saturated rings. The number of aromatic hydroxyl groups is 2. The van der Waals surface area contributed by atoms with E-state index in [1.165, 1.54) is 31.4 Å². The molecule has 3 N–H and O–H groups in total. The number of ketones is 1. The number of methoxy groups -OCH3 is 1. The number of allylic oxidation sites excluding steroid dienone is 3. The van der Waals surface area contributed by atoms with Crippen LogP contribution in [0.2, 0.25) is 0 Å². The van der Waals surface area contributed by atoms with Crippen molar-refractivity contribution in [2.75, 3.05) is 7.11 Å². The van der Waals surface area contributed by atoms with Gasteiger partial charge in [-0.05, 0) is 74.6 Å². The Morgan fingerprint density at radius 1 is 1.12 bits per heavy atom. The number of hydrogen-bond donors (Lipinski definition) is 3. The minimum Gasteiger partial charge on any atom is -0.508 e. The van der Waals surface area contributed by atoms with Crippen molar-refractivity contribution in [2.45, 2.75) is 39.2 Å². The lowest BCUT2D eigenvalue weighted by molar-refractivity contribution is -0.269. The van der Waals surface area contributed by atoms with Gasteiger partial charge in [0.25, 0.3) is 0 Å². The van der Waals surface area contributed by atoms with Gasteiger partial charge in [0.2, 0.25) is 0 Å². The molecule has 0 amide bonds. The predicted molar refractivity (Wildman–Crippen MR) is 125 cm³/mol. The number of phenols is 2. The second-order valence-corrected chi connectivity index (χ2v) is 7.67. The first kappa shape index (κ1) is 24.9. The van der Waals surface area contributed by atoms with Gasteiger partial charge in [0.15, 0.2) is 5.78 Å². The highest BCUT2D eigenvalue weighted by atomic mass is 17.1. The van der Waals surface area contributed by atoms with Gasteiger partial charge in [-0.1, -0.05) is 36.4 Å². The first-order chi connectivity index (χ1) is 15.3. The number of benzene rings is 2. The van der Waals surface area contributed by atoms with E-state index in [9.17, 15) is 15.0 Å². The van der Waals surface area contributed by atoms with Crippen molar-refractivity contribution in [3.63, 3.8) is 0 Å². The number of carbonyl (C=O) groups is 1. The van der Waals surface area contributed by atoms with Crippen LogP contribution in [-0.4, -0.2) is 34.5 Å². The number of hydrogen-bond acceptors (Lipinski definition) is 6. The summed E-state index contributed by atoms with van der Waals surface area (Å²) in [6.07, 6.45) is 6.16. The Morgan fingerprint density at radius 3 is 2.41 bits per heavy atom. The van der Waals surface area contributed by atoms with E-state index in [2.05, 4.69) is 11.5 Å². The van der Waals surface area contributed by atoms with Crippen LogP contribution in [0.15, 0.2) is 66.3 Å². The highest BCUT2D eigenvalue weighted by molar-refractivity contribution is 6.09. The minimum atomic E-state index is -0.428. The smallest absolute Gasteiger partial charge is 0.189 e. The van der Waals surface area contributed by atoms with Crippen molar-refractivity contribution in [1.82, 2.24) is 0 Å². The lowest BCUT2D eigenvalue weighted by Crippen LogP contribution is -2.11. The first-order valence-electron chi connectivity index (χ1n) is 10.3. The lowest BCUT2D eigenvalue weighted by Gasteiger charge is -2.14. The molecule has 0 aliphatic rings. The summed E-state index contributed by atoms with van der Waals surface area (Å²) in [7, 11) is 1.51. The second kappa shape index (κ2) is 11.9. The Labute approximate surface area is 188 Å². The molecule has 0 heterocycles. The van der Waals surface area contributed by atoms with Crippen LogP contribution in [0.3, 0.4) is 0 Å². The number of ether oxygens (including phenoxy) is 1. The zero-order valence-electron chi connectivity index (χ0n) is 18.7. The number of phenolic OH excluding ortho intramolecular Hbond substituents is 2. The van der Waals surface area contributed by atoms with E-state index in [0.29, 0.717) is 30.6 Å². The summed E-state index contributed by atoms with van der Waals surface area (Å²) in [6, 6.07) is 9.64. The summed E-state index contributed by atoms with van der Waals surface area (Å²) >= 11 is 0. The fourth-order valence-corrected chi connectivity index (χ4v) is 3.18. The van der Waals surface area contributed by atoms with E-state index in [-0.39, 0.29) is 22.8 Å². The Kier molecular flexibility index (Phi) is 9.25. The summed E-state index contributed by atoms with van der Waals surface area (Å²) in [6.45, 7) is 7.54. The van der Waals surface area contributed by atoms with E-state index in [0.717, 1.165) is 16.7 Å². The molecule has 0 saturated carbocycles.